The fraction of sp³-hybridized carbons (Fsp3) is 0.459. The molecule has 1 aliphatic heterocycles. The molecule has 43 heavy (non-hydrogen) atoms. The van der Waals surface area contributed by atoms with E-state index in [1.54, 1.807) is 18.2 Å². The van der Waals surface area contributed by atoms with Crippen LogP contribution in [-0.2, 0) is 15.2 Å². The largest absolute Gasteiger partial charge is 0.462 e. The second-order valence-corrected chi connectivity index (χ2v) is 11.5. The predicted molar refractivity (Wildman–Crippen MR) is 175 cm³/mol. The van der Waals surface area contributed by atoms with Crippen LogP contribution in [0.4, 0.5) is 11.4 Å². The second kappa shape index (κ2) is 16.2. The number of benzene rings is 3. The Morgan fingerprint density at radius 2 is 1.40 bits per heavy atom. The molecular weight excluding hydrogens is 536 g/mol. The van der Waals surface area contributed by atoms with Gasteiger partial charge >= 0.3 is 11.9 Å². The van der Waals surface area contributed by atoms with Crippen molar-refractivity contribution in [2.24, 2.45) is 0 Å². The molecule has 4 rings (SSSR count). The van der Waals surface area contributed by atoms with Gasteiger partial charge in [0, 0.05) is 35.6 Å². The van der Waals surface area contributed by atoms with Crippen molar-refractivity contribution in [1.82, 2.24) is 0 Å². The Kier molecular flexibility index (Phi) is 12.1. The van der Waals surface area contributed by atoms with Gasteiger partial charge in [0.2, 0.25) is 5.72 Å². The highest BCUT2D eigenvalue weighted by atomic mass is 16.6. The first-order valence-electron chi connectivity index (χ1n) is 16.3. The Morgan fingerprint density at radius 1 is 0.767 bits per heavy atom. The summed E-state index contributed by atoms with van der Waals surface area (Å²) in [4.78, 5) is 28.1. The van der Waals surface area contributed by atoms with Gasteiger partial charge in [0.25, 0.3) is 0 Å². The van der Waals surface area contributed by atoms with E-state index in [4.69, 9.17) is 9.47 Å². The fourth-order valence-electron chi connectivity index (χ4n) is 5.59. The molecule has 1 N–H and O–H groups in total. The number of ether oxygens (including phenoxy) is 2. The molecule has 0 spiro atoms. The van der Waals surface area contributed by atoms with Crippen molar-refractivity contribution in [2.75, 3.05) is 29.9 Å². The van der Waals surface area contributed by atoms with Crippen LogP contribution < -0.4 is 10.2 Å². The molecule has 0 amide bonds. The zero-order chi connectivity index (χ0) is 30.5. The van der Waals surface area contributed by atoms with Gasteiger partial charge < -0.3 is 19.7 Å². The first-order valence-corrected chi connectivity index (χ1v) is 16.3. The van der Waals surface area contributed by atoms with Crippen molar-refractivity contribution in [2.45, 2.75) is 90.7 Å². The molecule has 0 saturated carbocycles. The Balaban J connectivity index is 1.52. The molecule has 6 heteroatoms. The topological polar surface area (TPSA) is 67.9 Å². The molecule has 0 saturated heterocycles. The molecule has 230 valence electrons. The minimum Gasteiger partial charge on any atom is -0.462 e. The standard InChI is InChI=1S/C37H48N2O4/c1-4-7-10-11-12-15-28-42-35(40)29-18-22-31(23-19-29)38-37(34-17-14-13-16-33(34)36(41)43-37)30-20-24-32(25-21-30)39(26-8-5-2)27-9-6-3/h13-14,16-25,38H,4-12,15,26-28H2,1-3H3. The summed E-state index contributed by atoms with van der Waals surface area (Å²) in [6.07, 6.45) is 11.4. The van der Waals surface area contributed by atoms with Crippen molar-refractivity contribution in [3.05, 3.63) is 95.1 Å². The number of esters is 2. The molecule has 0 fully saturated rings. The second-order valence-electron chi connectivity index (χ2n) is 11.5. The van der Waals surface area contributed by atoms with Crippen LogP contribution in [0.1, 0.15) is 117 Å². The highest BCUT2D eigenvalue weighted by molar-refractivity contribution is 5.96. The van der Waals surface area contributed by atoms with Crippen LogP contribution >= 0.6 is 0 Å². The van der Waals surface area contributed by atoms with Crippen molar-refractivity contribution in [3.63, 3.8) is 0 Å². The van der Waals surface area contributed by atoms with Crippen LogP contribution in [0.5, 0.6) is 0 Å². The number of cyclic esters (lactones) is 1. The predicted octanol–water partition coefficient (Wildman–Crippen LogP) is 9.09. The number of hydrogen-bond acceptors (Lipinski definition) is 6. The number of nitrogens with one attached hydrogen (secondary N) is 1. The average molecular weight is 585 g/mol. The molecule has 1 heterocycles. The van der Waals surface area contributed by atoms with E-state index in [-0.39, 0.29) is 11.9 Å². The zero-order valence-corrected chi connectivity index (χ0v) is 26.2. The van der Waals surface area contributed by atoms with Crippen LogP contribution in [0.25, 0.3) is 0 Å². The molecule has 1 aliphatic rings. The zero-order valence-electron chi connectivity index (χ0n) is 26.2. The monoisotopic (exact) mass is 584 g/mol. The molecule has 3 aromatic carbocycles. The van der Waals surface area contributed by atoms with E-state index in [9.17, 15) is 9.59 Å². The number of carbonyl (C=O) groups excluding carboxylic acids is 2. The lowest BCUT2D eigenvalue weighted by Gasteiger charge is -2.32. The van der Waals surface area contributed by atoms with Crippen LogP contribution in [0.3, 0.4) is 0 Å². The Labute approximate surface area is 257 Å². The average Bonchev–Trinajstić information content (AvgIpc) is 3.33. The number of unbranched alkanes of at least 4 members (excludes halogenated alkanes) is 7. The maximum Gasteiger partial charge on any atom is 0.341 e. The van der Waals surface area contributed by atoms with Crippen LogP contribution in [0.2, 0.25) is 0 Å². The minimum absolute atomic E-state index is 0.321. The minimum atomic E-state index is -1.19. The summed E-state index contributed by atoms with van der Waals surface area (Å²) in [7, 11) is 0. The molecule has 1 atom stereocenters. The Morgan fingerprint density at radius 3 is 2.07 bits per heavy atom. The molecule has 6 nitrogen and oxygen atoms in total. The first kappa shape index (κ1) is 32.1. The van der Waals surface area contributed by atoms with Crippen molar-refractivity contribution in [1.29, 1.82) is 0 Å². The summed E-state index contributed by atoms with van der Waals surface area (Å²) < 4.78 is 11.7. The van der Waals surface area contributed by atoms with Gasteiger partial charge in [0.05, 0.1) is 17.7 Å². The number of carbonyl (C=O) groups is 2. The molecule has 3 aromatic rings. The third-order valence-corrected chi connectivity index (χ3v) is 8.15. The maximum atomic E-state index is 13.1. The fourth-order valence-corrected chi connectivity index (χ4v) is 5.59. The van der Waals surface area contributed by atoms with Gasteiger partial charge in [-0.25, -0.2) is 9.59 Å². The van der Waals surface area contributed by atoms with E-state index in [0.29, 0.717) is 17.7 Å². The lowest BCUT2D eigenvalue weighted by atomic mass is 9.92. The summed E-state index contributed by atoms with van der Waals surface area (Å²) in [5, 5.41) is 3.51. The first-order chi connectivity index (χ1) is 21.0. The molecule has 0 radical (unpaired) electrons. The van der Waals surface area contributed by atoms with Crippen molar-refractivity contribution < 1.29 is 19.1 Å². The van der Waals surface area contributed by atoms with E-state index in [1.165, 1.54) is 31.4 Å². The number of fused-ring (bicyclic) bond motifs is 1. The maximum absolute atomic E-state index is 13.1. The Hall–Kier alpha value is -3.80. The summed E-state index contributed by atoms with van der Waals surface area (Å²) in [6.45, 7) is 9.11. The smallest absolute Gasteiger partial charge is 0.341 e. The van der Waals surface area contributed by atoms with Crippen molar-refractivity contribution >= 4 is 23.3 Å². The summed E-state index contributed by atoms with van der Waals surface area (Å²) in [5.41, 5.74) is 3.35. The third kappa shape index (κ3) is 8.19. The number of hydrogen-bond donors (Lipinski definition) is 1. The van der Waals surface area contributed by atoms with E-state index < -0.39 is 5.72 Å². The Bertz CT molecular complexity index is 1300. The highest BCUT2D eigenvalue weighted by Gasteiger charge is 2.47. The normalized spacial score (nSPS) is 15.6. The van der Waals surface area contributed by atoms with E-state index in [2.05, 4.69) is 55.3 Å². The van der Waals surface area contributed by atoms with Gasteiger partial charge in [0.15, 0.2) is 0 Å². The summed E-state index contributed by atoms with van der Waals surface area (Å²) >= 11 is 0. The van der Waals surface area contributed by atoms with Crippen LogP contribution in [-0.4, -0.2) is 31.6 Å². The number of anilines is 2. The SMILES string of the molecule is CCCCCCCCOC(=O)c1ccc(NC2(c3ccc(N(CCCC)CCCC)cc3)OC(=O)c3ccccc32)cc1. The van der Waals surface area contributed by atoms with E-state index in [1.807, 2.05) is 30.3 Å². The van der Waals surface area contributed by atoms with Gasteiger partial charge in [-0.2, -0.15) is 0 Å². The molecule has 1 unspecified atom stereocenters. The third-order valence-electron chi connectivity index (χ3n) is 8.15. The number of nitrogens with zero attached hydrogens (tertiary/aromatic N) is 1. The van der Waals surface area contributed by atoms with E-state index >= 15 is 0 Å². The lowest BCUT2D eigenvalue weighted by molar-refractivity contribution is 0.0212. The van der Waals surface area contributed by atoms with Crippen LogP contribution in [0.15, 0.2) is 72.8 Å². The molecule has 0 aliphatic carbocycles. The van der Waals surface area contributed by atoms with Gasteiger partial charge in [0.1, 0.15) is 0 Å². The van der Waals surface area contributed by atoms with Gasteiger partial charge in [-0.3, -0.25) is 0 Å². The van der Waals surface area contributed by atoms with E-state index in [0.717, 1.165) is 68.4 Å². The van der Waals surface area contributed by atoms with Gasteiger partial charge in [-0.15, -0.1) is 0 Å². The van der Waals surface area contributed by atoms with Gasteiger partial charge in [-0.1, -0.05) is 96.0 Å². The summed E-state index contributed by atoms with van der Waals surface area (Å²) in [6, 6.07) is 23.1. The highest BCUT2D eigenvalue weighted by Crippen LogP contribution is 2.43. The molecule has 0 bridgehead atoms. The van der Waals surface area contributed by atoms with Gasteiger partial charge in [-0.05, 0) is 61.7 Å². The lowest BCUT2D eigenvalue weighted by Crippen LogP contribution is -2.37. The van der Waals surface area contributed by atoms with Crippen LogP contribution in [0, 0.1) is 0 Å². The quantitative estimate of drug-likeness (QED) is 0.119. The summed E-state index contributed by atoms with van der Waals surface area (Å²) in [5.74, 6) is -0.687. The molecule has 0 aromatic heterocycles. The van der Waals surface area contributed by atoms with Crippen molar-refractivity contribution in [3.8, 4) is 0 Å². The molecular formula is C37H48N2O4. The number of rotatable bonds is 18.